The minimum Gasteiger partial charge on any atom is -0.0635 e. The molecule has 148 valence electrons. The van der Waals surface area contributed by atoms with Gasteiger partial charge in [-0.3, -0.25) is 0 Å². The Morgan fingerprint density at radius 3 is 1.48 bits per heavy atom. The van der Waals surface area contributed by atoms with E-state index in [1.54, 1.807) is 0 Å². The van der Waals surface area contributed by atoms with Crippen molar-refractivity contribution < 1.29 is 17.1 Å². The van der Waals surface area contributed by atoms with Crippen LogP contribution in [0, 0.1) is 0 Å². The second-order valence-corrected chi connectivity index (χ2v) is 10.9. The average Bonchev–Trinajstić information content (AvgIpc) is 2.76. The first-order chi connectivity index (χ1) is 13.7. The molecule has 0 heterocycles. The average molecular weight is 460 g/mol. The van der Waals surface area contributed by atoms with Crippen LogP contribution in [-0.2, 0) is 22.2 Å². The van der Waals surface area contributed by atoms with Crippen LogP contribution in [-0.4, -0.2) is 10.2 Å². The summed E-state index contributed by atoms with van der Waals surface area (Å²) in [6, 6.07) is 42.1. The van der Waals surface area contributed by atoms with Gasteiger partial charge in [-0.1, -0.05) is 96.2 Å². The zero-order valence-corrected chi connectivity index (χ0v) is 19.8. The Morgan fingerprint density at radius 1 is 0.586 bits per heavy atom. The van der Waals surface area contributed by atoms with Crippen LogP contribution in [0.15, 0.2) is 115 Å². The van der Waals surface area contributed by atoms with Gasteiger partial charge in [0.15, 0.2) is 0 Å². The zero-order chi connectivity index (χ0) is 19.4. The number of hydrogen-bond donors (Lipinski definition) is 0. The summed E-state index contributed by atoms with van der Waals surface area (Å²) in [5, 5.41) is 4.17. The first kappa shape index (κ1) is 21.7. The first-order valence-corrected chi connectivity index (χ1v) is 11.9. The van der Waals surface area contributed by atoms with Crippen LogP contribution in [0.3, 0.4) is 0 Å². The van der Waals surface area contributed by atoms with Crippen molar-refractivity contribution in [2.75, 3.05) is 0 Å². The van der Waals surface area contributed by atoms with E-state index in [-0.39, 0.29) is 22.2 Å². The molecule has 0 N–H and O–H groups in total. The molecule has 29 heavy (non-hydrogen) atoms. The Balaban J connectivity index is 0.00000240. The van der Waals surface area contributed by atoms with Crippen molar-refractivity contribution in [3.05, 3.63) is 126 Å². The van der Waals surface area contributed by atoms with Gasteiger partial charge < -0.3 is 0 Å². The fourth-order valence-electron chi connectivity index (χ4n) is 4.17. The molecule has 0 fully saturated rings. The Bertz CT molecular complexity index is 998. The molecule has 1 unspecified atom stereocenters. The minimum absolute atomic E-state index is 0. The van der Waals surface area contributed by atoms with Crippen LogP contribution in [0.4, 0.5) is 0 Å². The van der Waals surface area contributed by atoms with Crippen molar-refractivity contribution in [1.82, 2.24) is 0 Å². The molecule has 4 rings (SSSR count). The van der Waals surface area contributed by atoms with Crippen LogP contribution >= 0.6 is 7.92 Å². The zero-order valence-electron chi connectivity index (χ0n) is 16.5. The molecule has 1 atom stereocenters. The number of benzene rings is 4. The third-order valence-electron chi connectivity index (χ3n) is 5.53. The Labute approximate surface area is 189 Å². The molecule has 2 radical (unpaired) electrons. The van der Waals surface area contributed by atoms with Gasteiger partial charge in [0.25, 0.3) is 0 Å². The van der Waals surface area contributed by atoms with E-state index in [9.17, 15) is 0 Å². The van der Waals surface area contributed by atoms with Crippen molar-refractivity contribution in [1.29, 1.82) is 0 Å². The Kier molecular flexibility index (Phi) is 7.27. The maximum absolute atomic E-state index is 2.45. The second-order valence-electron chi connectivity index (χ2n) is 7.26. The van der Waals surface area contributed by atoms with E-state index in [2.05, 4.69) is 122 Å². The number of rotatable bonds is 5. The van der Waals surface area contributed by atoms with Crippen LogP contribution in [0.2, 0.25) is 0 Å². The molecule has 0 aliphatic rings. The molecule has 0 bridgehead atoms. The summed E-state index contributed by atoms with van der Waals surface area (Å²) in [6.45, 7) is 2.45. The molecule has 0 saturated heterocycles. The van der Waals surface area contributed by atoms with Crippen molar-refractivity contribution >= 4 is 34.0 Å². The summed E-state index contributed by atoms with van der Waals surface area (Å²) in [6.07, 6.45) is 0. The molecule has 0 saturated carbocycles. The van der Waals surface area contributed by atoms with Gasteiger partial charge in [-0.25, -0.2) is 0 Å². The summed E-state index contributed by atoms with van der Waals surface area (Å²) in [4.78, 5) is 0. The van der Waals surface area contributed by atoms with Gasteiger partial charge in [-0.15, -0.1) is 0 Å². The molecular formula is C26H25CuPSi+. The standard InChI is InChI=1S/C26H24PSi.Cu/c1-26(21-13-5-2-6-14-21,24-19-11-12-20-25(24)28)27(22-15-7-3-8-16-22)23-17-9-4-10-18-23;/h2-20H,28H2,1H3;/p+1. The fraction of sp³-hybridized carbons (Fsp3) is 0.0769. The van der Waals surface area contributed by atoms with Crippen LogP contribution in [0.5, 0.6) is 0 Å². The van der Waals surface area contributed by atoms with Gasteiger partial charge in [0, 0.05) is 27.3 Å². The largest absolute Gasteiger partial charge is 0.134 e. The van der Waals surface area contributed by atoms with Gasteiger partial charge in [0.05, 0.1) is 18.5 Å². The van der Waals surface area contributed by atoms with E-state index >= 15 is 0 Å². The van der Waals surface area contributed by atoms with Crippen molar-refractivity contribution in [2.24, 2.45) is 0 Å². The minimum atomic E-state index is -1.16. The van der Waals surface area contributed by atoms with E-state index in [1.165, 1.54) is 26.9 Å². The molecule has 0 amide bonds. The molecule has 0 aromatic heterocycles. The predicted octanol–water partition coefficient (Wildman–Crippen LogP) is 4.07. The third-order valence-corrected chi connectivity index (χ3v) is 9.53. The summed E-state index contributed by atoms with van der Waals surface area (Å²) < 4.78 is 0. The second kappa shape index (κ2) is 9.70. The maximum atomic E-state index is 2.45. The first-order valence-electron chi connectivity index (χ1n) is 9.66. The monoisotopic (exact) mass is 459 g/mol. The third kappa shape index (κ3) is 4.32. The van der Waals surface area contributed by atoms with Gasteiger partial charge in [-0.05, 0) is 42.3 Å². The SMILES string of the molecule is CC(c1ccccc1)(c1ccccc1[SiH2])[PH+](c1ccccc1)c1ccccc1.[Cu]. The predicted molar refractivity (Wildman–Crippen MR) is 128 cm³/mol. The van der Waals surface area contributed by atoms with Gasteiger partial charge >= 0.3 is 0 Å². The van der Waals surface area contributed by atoms with Crippen LogP contribution < -0.4 is 15.8 Å². The van der Waals surface area contributed by atoms with E-state index in [0.717, 1.165) is 0 Å². The fourth-order valence-corrected chi connectivity index (χ4v) is 8.46. The number of hydrogen-bond acceptors (Lipinski definition) is 0. The summed E-state index contributed by atoms with van der Waals surface area (Å²) in [5.74, 6) is 0. The van der Waals surface area contributed by atoms with Gasteiger partial charge in [0.2, 0.25) is 0 Å². The maximum Gasteiger partial charge on any atom is 0.134 e. The summed E-state index contributed by atoms with van der Waals surface area (Å²) in [7, 11) is 0.844. The molecular weight excluding hydrogens is 435 g/mol. The molecule has 4 aromatic rings. The molecule has 0 aliphatic carbocycles. The Morgan fingerprint density at radius 2 is 1.00 bits per heavy atom. The van der Waals surface area contributed by atoms with E-state index in [1.807, 2.05) is 10.2 Å². The molecule has 3 heteroatoms. The molecule has 0 aliphatic heterocycles. The van der Waals surface area contributed by atoms with Crippen molar-refractivity contribution in [3.8, 4) is 0 Å². The Hall–Kier alpha value is -1.95. The van der Waals surface area contributed by atoms with Crippen molar-refractivity contribution in [3.63, 3.8) is 0 Å². The smallest absolute Gasteiger partial charge is 0.0635 e. The normalized spacial score (nSPS) is 12.8. The van der Waals surface area contributed by atoms with Crippen LogP contribution in [0.25, 0.3) is 0 Å². The van der Waals surface area contributed by atoms with E-state index < -0.39 is 7.92 Å². The van der Waals surface area contributed by atoms with Crippen LogP contribution in [0.1, 0.15) is 18.1 Å². The van der Waals surface area contributed by atoms with E-state index in [4.69, 9.17) is 0 Å². The molecule has 4 aromatic carbocycles. The van der Waals surface area contributed by atoms with Gasteiger partial charge in [0.1, 0.15) is 5.16 Å². The van der Waals surface area contributed by atoms with Gasteiger partial charge in [-0.2, -0.15) is 0 Å². The topological polar surface area (TPSA) is 0 Å². The summed E-state index contributed by atoms with van der Waals surface area (Å²) >= 11 is 0. The quantitative estimate of drug-likeness (QED) is 0.312. The molecule has 0 nitrogen and oxygen atoms in total. The van der Waals surface area contributed by atoms with E-state index in [0.29, 0.717) is 0 Å². The van der Waals surface area contributed by atoms with Crippen molar-refractivity contribution in [2.45, 2.75) is 12.1 Å². The summed E-state index contributed by atoms with van der Waals surface area (Å²) in [5.41, 5.74) is 2.82. The molecule has 0 spiro atoms.